The molecule has 2 heterocycles. The number of amides is 1. The van der Waals surface area contributed by atoms with Crippen LogP contribution in [0, 0.1) is 0 Å². The first-order chi connectivity index (χ1) is 13.1. The molecule has 5 heteroatoms. The fourth-order valence-corrected chi connectivity index (χ4v) is 3.90. The third-order valence-corrected chi connectivity index (χ3v) is 5.35. The summed E-state index contributed by atoms with van der Waals surface area (Å²) >= 11 is 0. The van der Waals surface area contributed by atoms with Crippen LogP contribution >= 0.6 is 0 Å². The molecule has 1 aliphatic heterocycles. The third kappa shape index (κ3) is 3.54. The fourth-order valence-electron chi connectivity index (χ4n) is 3.90. The van der Waals surface area contributed by atoms with Crippen LogP contribution in [0.2, 0.25) is 0 Å². The number of carbonyl (C=O) groups is 2. The van der Waals surface area contributed by atoms with Gasteiger partial charge in [-0.3, -0.25) is 9.59 Å². The van der Waals surface area contributed by atoms with Crippen molar-refractivity contribution in [3.63, 3.8) is 0 Å². The Morgan fingerprint density at radius 1 is 1.19 bits per heavy atom. The quantitative estimate of drug-likeness (QED) is 0.654. The zero-order chi connectivity index (χ0) is 18.8. The van der Waals surface area contributed by atoms with E-state index in [-0.39, 0.29) is 25.0 Å². The molecule has 1 aromatic heterocycles. The molecule has 5 nitrogen and oxygen atoms in total. The van der Waals surface area contributed by atoms with Crippen molar-refractivity contribution < 1.29 is 18.7 Å². The van der Waals surface area contributed by atoms with Gasteiger partial charge >= 0.3 is 5.97 Å². The number of piperidine rings is 1. The second-order valence-electron chi connectivity index (χ2n) is 7.19. The van der Waals surface area contributed by atoms with Crippen molar-refractivity contribution in [2.75, 3.05) is 13.2 Å². The second kappa shape index (κ2) is 7.43. The van der Waals surface area contributed by atoms with E-state index in [1.165, 1.54) is 0 Å². The van der Waals surface area contributed by atoms with Gasteiger partial charge in [-0.2, -0.15) is 0 Å². The Balaban J connectivity index is 1.45. The maximum atomic E-state index is 12.3. The van der Waals surface area contributed by atoms with E-state index >= 15 is 0 Å². The van der Waals surface area contributed by atoms with Crippen LogP contribution in [0.1, 0.15) is 31.7 Å². The highest BCUT2D eigenvalue weighted by Crippen LogP contribution is 2.30. The number of furan rings is 1. The molecule has 0 spiro atoms. The molecule has 0 unspecified atom stereocenters. The van der Waals surface area contributed by atoms with Crippen molar-refractivity contribution >= 4 is 33.6 Å². The number of nitrogens with zero attached hydrogens (tertiary/aromatic N) is 1. The van der Waals surface area contributed by atoms with Gasteiger partial charge in [0.05, 0.1) is 12.7 Å². The molecule has 0 saturated carbocycles. The number of esters is 1. The summed E-state index contributed by atoms with van der Waals surface area (Å²) in [7, 11) is 0. The lowest BCUT2D eigenvalue weighted by Crippen LogP contribution is -2.44. The van der Waals surface area contributed by atoms with Gasteiger partial charge < -0.3 is 14.1 Å². The van der Waals surface area contributed by atoms with Gasteiger partial charge in [-0.15, -0.1) is 0 Å². The molecule has 0 N–H and O–H groups in total. The number of ether oxygens (including phenoxy) is 1. The Morgan fingerprint density at radius 3 is 2.89 bits per heavy atom. The molecule has 2 aromatic carbocycles. The number of likely N-dealkylation sites (tertiary alicyclic amines) is 1. The first kappa shape index (κ1) is 17.6. The molecular formula is C22H23NO4. The highest BCUT2D eigenvalue weighted by atomic mass is 16.5. The van der Waals surface area contributed by atoms with Crippen LogP contribution in [0.3, 0.4) is 0 Å². The summed E-state index contributed by atoms with van der Waals surface area (Å²) in [6.07, 6.45) is 4.86. The van der Waals surface area contributed by atoms with E-state index in [4.69, 9.17) is 9.15 Å². The summed E-state index contributed by atoms with van der Waals surface area (Å²) in [5.74, 6) is -0.526. The van der Waals surface area contributed by atoms with Crippen molar-refractivity contribution in [3.8, 4) is 0 Å². The van der Waals surface area contributed by atoms with Crippen LogP contribution in [0.15, 0.2) is 47.1 Å². The molecule has 3 aromatic rings. The summed E-state index contributed by atoms with van der Waals surface area (Å²) in [6.45, 7) is 2.59. The Morgan fingerprint density at radius 2 is 2.04 bits per heavy atom. The van der Waals surface area contributed by atoms with Crippen molar-refractivity contribution in [1.82, 2.24) is 4.90 Å². The van der Waals surface area contributed by atoms with Crippen LogP contribution in [-0.2, 0) is 20.7 Å². The van der Waals surface area contributed by atoms with Gasteiger partial charge in [0.2, 0.25) is 0 Å². The normalized spacial score (nSPS) is 17.4. The standard InChI is InChI=1S/C22H23NO4/c1-15-6-4-5-11-23(15)20(24)14-27-21(25)12-17-13-26-19-10-9-16-7-2-3-8-18(16)22(17)19/h2-3,7-10,13,15H,4-6,11-12,14H2,1H3/t15-/m0/s1. The Hall–Kier alpha value is -2.82. The van der Waals surface area contributed by atoms with Gasteiger partial charge in [-0.25, -0.2) is 0 Å². The van der Waals surface area contributed by atoms with Crippen molar-refractivity contribution in [2.45, 2.75) is 38.6 Å². The summed E-state index contributed by atoms with van der Waals surface area (Å²) in [6, 6.07) is 12.1. The third-order valence-electron chi connectivity index (χ3n) is 5.35. The highest BCUT2D eigenvalue weighted by molar-refractivity contribution is 6.08. The number of benzene rings is 2. The smallest absolute Gasteiger partial charge is 0.310 e. The average molecular weight is 365 g/mol. The van der Waals surface area contributed by atoms with E-state index in [0.717, 1.165) is 53.1 Å². The number of hydrogen-bond acceptors (Lipinski definition) is 4. The SMILES string of the molecule is C[C@H]1CCCCN1C(=O)COC(=O)Cc1coc2ccc3ccccc3c12. The maximum Gasteiger partial charge on any atom is 0.310 e. The van der Waals surface area contributed by atoms with Gasteiger partial charge in [0.1, 0.15) is 5.58 Å². The predicted octanol–water partition coefficient (Wildman–Crippen LogP) is 4.07. The zero-order valence-electron chi connectivity index (χ0n) is 15.4. The zero-order valence-corrected chi connectivity index (χ0v) is 15.4. The molecule has 1 amide bonds. The molecule has 140 valence electrons. The average Bonchev–Trinajstić information content (AvgIpc) is 3.10. The van der Waals surface area contributed by atoms with Gasteiger partial charge in [0.15, 0.2) is 6.61 Å². The van der Waals surface area contributed by atoms with Crippen LogP contribution in [0.4, 0.5) is 0 Å². The Kier molecular flexibility index (Phi) is 4.84. The molecular weight excluding hydrogens is 342 g/mol. The minimum absolute atomic E-state index is 0.0871. The maximum absolute atomic E-state index is 12.3. The summed E-state index contributed by atoms with van der Waals surface area (Å²) < 4.78 is 10.9. The van der Waals surface area contributed by atoms with E-state index in [1.807, 2.05) is 48.2 Å². The van der Waals surface area contributed by atoms with Crippen molar-refractivity contribution in [1.29, 1.82) is 0 Å². The molecule has 1 aliphatic rings. The van der Waals surface area contributed by atoms with Gasteiger partial charge in [-0.05, 0) is 43.0 Å². The minimum atomic E-state index is -0.413. The molecule has 0 aliphatic carbocycles. The summed E-state index contributed by atoms with van der Waals surface area (Å²) in [5.41, 5.74) is 1.53. The van der Waals surface area contributed by atoms with Crippen molar-refractivity contribution in [3.05, 3.63) is 48.2 Å². The van der Waals surface area contributed by atoms with E-state index in [1.54, 1.807) is 6.26 Å². The van der Waals surface area contributed by atoms with Crippen LogP contribution < -0.4 is 0 Å². The number of carbonyl (C=O) groups excluding carboxylic acids is 2. The molecule has 4 rings (SSSR count). The van der Waals surface area contributed by atoms with Gasteiger partial charge in [-0.1, -0.05) is 30.3 Å². The number of hydrogen-bond donors (Lipinski definition) is 0. The fraction of sp³-hybridized carbons (Fsp3) is 0.364. The molecule has 27 heavy (non-hydrogen) atoms. The lowest BCUT2D eigenvalue weighted by Gasteiger charge is -2.33. The van der Waals surface area contributed by atoms with Crippen LogP contribution in [-0.4, -0.2) is 36.0 Å². The van der Waals surface area contributed by atoms with Gasteiger partial charge in [0, 0.05) is 23.5 Å². The van der Waals surface area contributed by atoms with Gasteiger partial charge in [0.25, 0.3) is 5.91 Å². The number of rotatable bonds is 4. The van der Waals surface area contributed by atoms with E-state index in [2.05, 4.69) is 0 Å². The van der Waals surface area contributed by atoms with E-state index in [0.29, 0.717) is 0 Å². The van der Waals surface area contributed by atoms with E-state index < -0.39 is 5.97 Å². The summed E-state index contributed by atoms with van der Waals surface area (Å²) in [4.78, 5) is 26.5. The molecule has 1 saturated heterocycles. The first-order valence-electron chi connectivity index (χ1n) is 9.46. The molecule has 0 radical (unpaired) electrons. The lowest BCUT2D eigenvalue weighted by molar-refractivity contribution is -0.152. The molecule has 1 fully saturated rings. The van der Waals surface area contributed by atoms with Crippen molar-refractivity contribution in [2.24, 2.45) is 0 Å². The molecule has 1 atom stereocenters. The second-order valence-corrected chi connectivity index (χ2v) is 7.19. The largest absolute Gasteiger partial charge is 0.464 e. The van der Waals surface area contributed by atoms with Crippen LogP contribution in [0.25, 0.3) is 21.7 Å². The Bertz CT molecular complexity index is 990. The van der Waals surface area contributed by atoms with E-state index in [9.17, 15) is 9.59 Å². The highest BCUT2D eigenvalue weighted by Gasteiger charge is 2.24. The predicted molar refractivity (Wildman–Crippen MR) is 103 cm³/mol. The Labute approximate surface area is 157 Å². The number of fused-ring (bicyclic) bond motifs is 3. The topological polar surface area (TPSA) is 59.8 Å². The molecule has 0 bridgehead atoms. The summed E-state index contributed by atoms with van der Waals surface area (Å²) in [5, 5.41) is 3.07. The minimum Gasteiger partial charge on any atom is -0.464 e. The first-order valence-corrected chi connectivity index (χ1v) is 9.46. The lowest BCUT2D eigenvalue weighted by atomic mass is 10.0. The monoisotopic (exact) mass is 365 g/mol. The van der Waals surface area contributed by atoms with Crippen LogP contribution in [0.5, 0.6) is 0 Å².